The number of carbonyl (C=O) groups is 1. The van der Waals surface area contributed by atoms with E-state index in [1.807, 2.05) is 31.9 Å². The van der Waals surface area contributed by atoms with Gasteiger partial charge < -0.3 is 9.80 Å². The van der Waals surface area contributed by atoms with Gasteiger partial charge in [0.05, 0.1) is 0 Å². The summed E-state index contributed by atoms with van der Waals surface area (Å²) in [5.74, 6) is 1.93. The highest BCUT2D eigenvalue weighted by Crippen LogP contribution is 2.22. The molecule has 1 aliphatic heterocycles. The number of hydrogen-bond acceptors (Lipinski definition) is 4. The lowest BCUT2D eigenvalue weighted by molar-refractivity contribution is -0.133. The zero-order chi connectivity index (χ0) is 14.5. The van der Waals surface area contributed by atoms with Crippen molar-refractivity contribution in [3.05, 3.63) is 18.6 Å². The lowest BCUT2D eigenvalue weighted by Crippen LogP contribution is -2.40. The van der Waals surface area contributed by atoms with Gasteiger partial charge in [0.15, 0.2) is 0 Å². The van der Waals surface area contributed by atoms with Crippen LogP contribution < -0.4 is 4.90 Å². The number of carbonyl (C=O) groups excluding carboxylic acids is 1. The van der Waals surface area contributed by atoms with Gasteiger partial charge in [-0.3, -0.25) is 4.79 Å². The van der Waals surface area contributed by atoms with E-state index >= 15 is 0 Å². The van der Waals surface area contributed by atoms with E-state index < -0.39 is 0 Å². The summed E-state index contributed by atoms with van der Waals surface area (Å²) >= 11 is 0. The van der Waals surface area contributed by atoms with Crippen molar-refractivity contribution in [3.8, 4) is 0 Å². The van der Waals surface area contributed by atoms with Crippen molar-refractivity contribution in [2.24, 2.45) is 11.8 Å². The molecule has 1 aliphatic rings. The Labute approximate surface area is 121 Å². The van der Waals surface area contributed by atoms with Gasteiger partial charge in [-0.15, -0.1) is 0 Å². The van der Waals surface area contributed by atoms with E-state index in [1.54, 1.807) is 12.5 Å². The first-order valence-electron chi connectivity index (χ1n) is 7.34. The van der Waals surface area contributed by atoms with Gasteiger partial charge >= 0.3 is 0 Å². The van der Waals surface area contributed by atoms with Crippen molar-refractivity contribution in [3.63, 3.8) is 0 Å². The molecule has 5 heteroatoms. The Morgan fingerprint density at radius 2 is 2.15 bits per heavy atom. The summed E-state index contributed by atoms with van der Waals surface area (Å²) in [7, 11) is 1.92. The summed E-state index contributed by atoms with van der Waals surface area (Å²) in [4.78, 5) is 24.3. The third kappa shape index (κ3) is 3.68. The molecular formula is C15H24N4O. The number of rotatable bonds is 4. The zero-order valence-electron chi connectivity index (χ0n) is 12.6. The number of piperidine rings is 1. The van der Waals surface area contributed by atoms with Crippen LogP contribution in [0, 0.1) is 11.8 Å². The Morgan fingerprint density at radius 1 is 1.45 bits per heavy atom. The van der Waals surface area contributed by atoms with Gasteiger partial charge in [0.2, 0.25) is 5.91 Å². The highest BCUT2D eigenvalue weighted by Gasteiger charge is 2.23. The minimum Gasteiger partial charge on any atom is -0.357 e. The highest BCUT2D eigenvalue weighted by molar-refractivity contribution is 5.77. The van der Waals surface area contributed by atoms with Crippen LogP contribution in [0.25, 0.3) is 0 Å². The molecular weight excluding hydrogens is 252 g/mol. The van der Waals surface area contributed by atoms with Gasteiger partial charge in [-0.25, -0.2) is 9.97 Å². The van der Waals surface area contributed by atoms with Crippen LogP contribution in [0.1, 0.15) is 26.7 Å². The predicted molar refractivity (Wildman–Crippen MR) is 79.4 cm³/mol. The van der Waals surface area contributed by atoms with Gasteiger partial charge in [0.25, 0.3) is 0 Å². The molecule has 5 nitrogen and oxygen atoms in total. The average Bonchev–Trinajstić information content (AvgIpc) is 2.48. The Kier molecular flexibility index (Phi) is 4.93. The molecule has 1 fully saturated rings. The van der Waals surface area contributed by atoms with Crippen molar-refractivity contribution < 1.29 is 4.79 Å². The molecule has 1 amide bonds. The fourth-order valence-corrected chi connectivity index (χ4v) is 2.73. The third-order valence-corrected chi connectivity index (χ3v) is 3.91. The molecule has 0 aromatic carbocycles. The van der Waals surface area contributed by atoms with Gasteiger partial charge in [-0.1, -0.05) is 13.8 Å². The van der Waals surface area contributed by atoms with Gasteiger partial charge in [0, 0.05) is 38.8 Å². The van der Waals surface area contributed by atoms with E-state index in [9.17, 15) is 4.79 Å². The van der Waals surface area contributed by atoms with Crippen LogP contribution in [0.15, 0.2) is 18.6 Å². The Hall–Kier alpha value is -1.65. The predicted octanol–water partition coefficient (Wildman–Crippen LogP) is 1.81. The topological polar surface area (TPSA) is 49.3 Å². The summed E-state index contributed by atoms with van der Waals surface area (Å²) in [6.07, 6.45) is 5.60. The molecule has 0 atom stereocenters. The van der Waals surface area contributed by atoms with E-state index in [4.69, 9.17) is 0 Å². The molecule has 0 bridgehead atoms. The van der Waals surface area contributed by atoms with Crippen LogP contribution in [0.3, 0.4) is 0 Å². The van der Waals surface area contributed by atoms with Crippen molar-refractivity contribution in [2.75, 3.05) is 31.6 Å². The van der Waals surface area contributed by atoms with Crippen LogP contribution in [-0.2, 0) is 4.79 Å². The average molecular weight is 276 g/mol. The number of nitrogens with zero attached hydrogens (tertiary/aromatic N) is 4. The second-order valence-electron chi connectivity index (χ2n) is 5.87. The number of hydrogen-bond donors (Lipinski definition) is 0. The number of amides is 1. The monoisotopic (exact) mass is 276 g/mol. The second-order valence-corrected chi connectivity index (χ2v) is 5.87. The van der Waals surface area contributed by atoms with Crippen LogP contribution in [0.5, 0.6) is 0 Å². The van der Waals surface area contributed by atoms with Crippen LogP contribution in [0.4, 0.5) is 5.82 Å². The largest absolute Gasteiger partial charge is 0.357 e. The lowest BCUT2D eigenvalue weighted by atomic mass is 9.96. The molecule has 0 saturated carbocycles. The van der Waals surface area contributed by atoms with Crippen LogP contribution >= 0.6 is 0 Å². The van der Waals surface area contributed by atoms with Crippen molar-refractivity contribution >= 4 is 11.7 Å². The molecule has 0 aliphatic carbocycles. The Morgan fingerprint density at radius 3 is 2.70 bits per heavy atom. The maximum Gasteiger partial charge on any atom is 0.224 e. The van der Waals surface area contributed by atoms with Crippen molar-refractivity contribution in [1.82, 2.24) is 14.9 Å². The van der Waals surface area contributed by atoms with Crippen molar-refractivity contribution in [2.45, 2.75) is 26.7 Å². The van der Waals surface area contributed by atoms with E-state index in [0.717, 1.165) is 38.3 Å². The smallest absolute Gasteiger partial charge is 0.224 e. The Balaban J connectivity index is 1.81. The fraction of sp³-hybridized carbons (Fsp3) is 0.667. The maximum atomic E-state index is 11.9. The molecule has 110 valence electrons. The minimum atomic E-state index is 0.0844. The molecule has 20 heavy (non-hydrogen) atoms. The molecule has 0 unspecified atom stereocenters. The first-order valence-corrected chi connectivity index (χ1v) is 7.34. The number of anilines is 1. The van der Waals surface area contributed by atoms with Gasteiger partial charge in [-0.2, -0.15) is 0 Å². The van der Waals surface area contributed by atoms with Crippen LogP contribution in [0.2, 0.25) is 0 Å². The first-order chi connectivity index (χ1) is 9.58. The molecule has 2 heterocycles. The molecule has 0 radical (unpaired) electrons. The summed E-state index contributed by atoms with van der Waals surface area (Å²) in [5.41, 5.74) is 0. The lowest BCUT2D eigenvalue weighted by Gasteiger charge is -2.34. The second kappa shape index (κ2) is 6.68. The van der Waals surface area contributed by atoms with Crippen LogP contribution in [-0.4, -0.2) is 47.5 Å². The molecule has 0 spiro atoms. The van der Waals surface area contributed by atoms with E-state index in [-0.39, 0.29) is 11.8 Å². The fourth-order valence-electron chi connectivity index (χ4n) is 2.73. The molecule has 2 rings (SSSR count). The van der Waals surface area contributed by atoms with Gasteiger partial charge in [0.1, 0.15) is 12.1 Å². The van der Waals surface area contributed by atoms with Gasteiger partial charge in [-0.05, 0) is 24.8 Å². The van der Waals surface area contributed by atoms with E-state index in [2.05, 4.69) is 14.9 Å². The standard InChI is InChI=1S/C15H24N4O/c1-12(2)15(20)18(3)10-13-5-8-19(9-6-13)14-4-7-16-11-17-14/h4,7,11-13H,5-6,8-10H2,1-3H3. The van der Waals surface area contributed by atoms with Crippen molar-refractivity contribution in [1.29, 1.82) is 0 Å². The van der Waals surface area contributed by atoms with E-state index in [1.165, 1.54) is 0 Å². The highest BCUT2D eigenvalue weighted by atomic mass is 16.2. The van der Waals surface area contributed by atoms with E-state index in [0.29, 0.717) is 5.92 Å². The molecule has 0 N–H and O–H groups in total. The molecule has 1 aromatic rings. The third-order valence-electron chi connectivity index (χ3n) is 3.91. The summed E-state index contributed by atoms with van der Waals surface area (Å²) in [5, 5.41) is 0. The summed E-state index contributed by atoms with van der Waals surface area (Å²) < 4.78 is 0. The SMILES string of the molecule is CC(C)C(=O)N(C)CC1CCN(c2ccncn2)CC1. The quantitative estimate of drug-likeness (QED) is 0.841. The zero-order valence-corrected chi connectivity index (χ0v) is 12.6. The first kappa shape index (κ1) is 14.8. The number of aromatic nitrogens is 2. The molecule has 1 saturated heterocycles. The summed E-state index contributed by atoms with van der Waals surface area (Å²) in [6.45, 7) is 6.79. The Bertz CT molecular complexity index is 427. The maximum absolute atomic E-state index is 11.9. The normalized spacial score (nSPS) is 16.5. The summed E-state index contributed by atoms with van der Waals surface area (Å²) in [6, 6.07) is 1.95. The minimum absolute atomic E-state index is 0.0844. The molecule has 1 aromatic heterocycles.